The molecular weight excluding hydrogens is 276 g/mol. The van der Waals surface area contributed by atoms with Crippen LogP contribution in [0.3, 0.4) is 0 Å². The number of amides is 1. The van der Waals surface area contributed by atoms with E-state index in [2.05, 4.69) is 10.1 Å². The van der Waals surface area contributed by atoms with Crippen molar-refractivity contribution >= 4 is 17.6 Å². The maximum atomic E-state index is 12.1. The third-order valence-corrected chi connectivity index (χ3v) is 3.19. The Balaban J connectivity index is 2.03. The van der Waals surface area contributed by atoms with Crippen LogP contribution in [-0.4, -0.2) is 45.2 Å². The van der Waals surface area contributed by atoms with Gasteiger partial charge >= 0.3 is 6.03 Å². The van der Waals surface area contributed by atoms with Crippen molar-refractivity contribution in [3.8, 4) is 11.4 Å². The SMILES string of the molecule is CN(CCCCCl)C(=O)n1cnc(-c2ccccc2)n1. The molecule has 1 aromatic heterocycles. The lowest BCUT2D eigenvalue weighted by molar-refractivity contribution is 0.206. The van der Waals surface area contributed by atoms with Gasteiger partial charge in [0.05, 0.1) is 0 Å². The number of unbranched alkanes of at least 4 members (excludes halogenated alkanes) is 1. The van der Waals surface area contributed by atoms with Crippen LogP contribution in [-0.2, 0) is 0 Å². The van der Waals surface area contributed by atoms with Crippen LogP contribution in [0.5, 0.6) is 0 Å². The smallest absolute Gasteiger partial charge is 0.326 e. The van der Waals surface area contributed by atoms with Gasteiger partial charge in [0.15, 0.2) is 5.82 Å². The third-order valence-electron chi connectivity index (χ3n) is 2.92. The Kier molecular flexibility index (Phi) is 5.12. The first-order valence-electron chi connectivity index (χ1n) is 6.51. The van der Waals surface area contributed by atoms with E-state index >= 15 is 0 Å². The number of hydrogen-bond acceptors (Lipinski definition) is 3. The van der Waals surface area contributed by atoms with Crippen LogP contribution in [0.25, 0.3) is 11.4 Å². The highest BCUT2D eigenvalue weighted by Gasteiger charge is 2.13. The van der Waals surface area contributed by atoms with Crippen molar-refractivity contribution in [1.82, 2.24) is 19.7 Å². The van der Waals surface area contributed by atoms with Gasteiger partial charge in [-0.25, -0.2) is 9.78 Å². The monoisotopic (exact) mass is 292 g/mol. The molecule has 0 bridgehead atoms. The van der Waals surface area contributed by atoms with Gasteiger partial charge in [0.1, 0.15) is 6.33 Å². The van der Waals surface area contributed by atoms with Gasteiger partial charge in [0.25, 0.3) is 0 Å². The van der Waals surface area contributed by atoms with Crippen molar-refractivity contribution in [2.24, 2.45) is 0 Å². The topological polar surface area (TPSA) is 51.0 Å². The number of carbonyl (C=O) groups is 1. The molecule has 0 aliphatic heterocycles. The summed E-state index contributed by atoms with van der Waals surface area (Å²) in [6.07, 6.45) is 3.22. The van der Waals surface area contributed by atoms with Gasteiger partial charge in [-0.3, -0.25) is 0 Å². The molecule has 0 saturated heterocycles. The average Bonchev–Trinajstić information content (AvgIpc) is 2.97. The van der Waals surface area contributed by atoms with Gasteiger partial charge in [-0.1, -0.05) is 30.3 Å². The van der Waals surface area contributed by atoms with E-state index in [0.29, 0.717) is 18.2 Å². The standard InChI is InChI=1S/C14H17ClN4O/c1-18(10-6-5-9-15)14(20)19-11-16-13(17-19)12-7-3-2-4-8-12/h2-4,7-8,11H,5-6,9-10H2,1H3. The van der Waals surface area contributed by atoms with Crippen LogP contribution in [0.4, 0.5) is 4.79 Å². The van der Waals surface area contributed by atoms with Crippen molar-refractivity contribution in [2.75, 3.05) is 19.5 Å². The Morgan fingerprint density at radius 1 is 1.30 bits per heavy atom. The first kappa shape index (κ1) is 14.5. The fraction of sp³-hybridized carbons (Fsp3) is 0.357. The summed E-state index contributed by atoms with van der Waals surface area (Å²) in [6.45, 7) is 0.659. The lowest BCUT2D eigenvalue weighted by atomic mass is 10.2. The van der Waals surface area contributed by atoms with Crippen molar-refractivity contribution in [2.45, 2.75) is 12.8 Å². The lowest BCUT2D eigenvalue weighted by Crippen LogP contribution is -2.32. The van der Waals surface area contributed by atoms with E-state index in [4.69, 9.17) is 11.6 Å². The highest BCUT2D eigenvalue weighted by Crippen LogP contribution is 2.13. The Hall–Kier alpha value is -1.88. The minimum atomic E-state index is -0.186. The van der Waals surface area contributed by atoms with E-state index in [1.165, 1.54) is 11.0 Å². The molecule has 0 N–H and O–H groups in total. The Morgan fingerprint density at radius 2 is 2.05 bits per heavy atom. The van der Waals surface area contributed by atoms with Gasteiger partial charge < -0.3 is 4.90 Å². The number of aromatic nitrogens is 3. The zero-order valence-electron chi connectivity index (χ0n) is 11.4. The summed E-state index contributed by atoms with van der Waals surface area (Å²) < 4.78 is 1.27. The zero-order chi connectivity index (χ0) is 14.4. The summed E-state index contributed by atoms with van der Waals surface area (Å²) in [5.41, 5.74) is 0.892. The zero-order valence-corrected chi connectivity index (χ0v) is 12.1. The molecule has 0 unspecified atom stereocenters. The summed E-state index contributed by atoms with van der Waals surface area (Å²) in [5, 5.41) is 4.22. The average molecular weight is 293 g/mol. The Labute approximate surface area is 123 Å². The molecule has 0 atom stereocenters. The molecular formula is C14H17ClN4O. The van der Waals surface area contributed by atoms with Gasteiger partial charge in [-0.05, 0) is 12.8 Å². The van der Waals surface area contributed by atoms with Crippen molar-refractivity contribution in [3.05, 3.63) is 36.7 Å². The molecule has 1 aromatic carbocycles. The lowest BCUT2D eigenvalue weighted by Gasteiger charge is -2.15. The molecule has 1 heterocycles. The molecule has 0 radical (unpaired) electrons. The van der Waals surface area contributed by atoms with Crippen LogP contribution < -0.4 is 0 Å². The highest BCUT2D eigenvalue weighted by molar-refractivity contribution is 6.17. The maximum absolute atomic E-state index is 12.1. The highest BCUT2D eigenvalue weighted by atomic mass is 35.5. The molecule has 0 saturated carbocycles. The molecule has 1 amide bonds. The quantitative estimate of drug-likeness (QED) is 0.629. The van der Waals surface area contributed by atoms with E-state index < -0.39 is 0 Å². The van der Waals surface area contributed by atoms with Crippen LogP contribution in [0, 0.1) is 0 Å². The third kappa shape index (κ3) is 3.57. The Bertz CT molecular complexity index is 555. The second-order valence-corrected chi connectivity index (χ2v) is 4.86. The maximum Gasteiger partial charge on any atom is 0.345 e. The van der Waals surface area contributed by atoms with Gasteiger partial charge in [0, 0.05) is 25.0 Å². The molecule has 0 fully saturated rings. The van der Waals surface area contributed by atoms with Crippen LogP contribution in [0.15, 0.2) is 36.7 Å². The second-order valence-electron chi connectivity index (χ2n) is 4.48. The number of nitrogens with zero attached hydrogens (tertiary/aromatic N) is 4. The minimum Gasteiger partial charge on any atom is -0.326 e. The summed E-state index contributed by atoms with van der Waals surface area (Å²) in [5.74, 6) is 1.16. The summed E-state index contributed by atoms with van der Waals surface area (Å²) >= 11 is 5.62. The number of halogens is 1. The predicted octanol–water partition coefficient (Wildman–Crippen LogP) is 2.86. The van der Waals surface area contributed by atoms with Crippen molar-refractivity contribution in [1.29, 1.82) is 0 Å². The number of alkyl halides is 1. The molecule has 106 valence electrons. The van der Waals surface area contributed by atoms with Crippen LogP contribution in [0.1, 0.15) is 12.8 Å². The van der Waals surface area contributed by atoms with E-state index in [1.54, 1.807) is 11.9 Å². The molecule has 0 spiro atoms. The number of rotatable bonds is 5. The molecule has 2 rings (SSSR count). The molecule has 6 heteroatoms. The van der Waals surface area contributed by atoms with E-state index in [9.17, 15) is 4.79 Å². The summed E-state index contributed by atoms with van der Waals surface area (Å²) in [4.78, 5) is 17.9. The fourth-order valence-electron chi connectivity index (χ4n) is 1.79. The van der Waals surface area contributed by atoms with Crippen LogP contribution >= 0.6 is 11.6 Å². The molecule has 0 aliphatic carbocycles. The number of carbonyl (C=O) groups excluding carboxylic acids is 1. The fourth-order valence-corrected chi connectivity index (χ4v) is 1.98. The molecule has 5 nitrogen and oxygen atoms in total. The second kappa shape index (κ2) is 7.05. The van der Waals surface area contributed by atoms with Crippen LogP contribution in [0.2, 0.25) is 0 Å². The first-order valence-corrected chi connectivity index (χ1v) is 7.04. The molecule has 2 aromatic rings. The number of hydrogen-bond donors (Lipinski definition) is 0. The molecule has 0 aliphatic rings. The normalized spacial score (nSPS) is 10.5. The predicted molar refractivity (Wildman–Crippen MR) is 78.8 cm³/mol. The van der Waals surface area contributed by atoms with E-state index in [0.717, 1.165) is 18.4 Å². The Morgan fingerprint density at radius 3 is 2.75 bits per heavy atom. The largest absolute Gasteiger partial charge is 0.345 e. The van der Waals surface area contributed by atoms with Gasteiger partial charge in [-0.2, -0.15) is 4.68 Å². The first-order chi connectivity index (χ1) is 9.72. The van der Waals surface area contributed by atoms with Crippen molar-refractivity contribution in [3.63, 3.8) is 0 Å². The van der Waals surface area contributed by atoms with E-state index in [-0.39, 0.29) is 6.03 Å². The van der Waals surface area contributed by atoms with Crippen molar-refractivity contribution < 1.29 is 4.79 Å². The molecule has 20 heavy (non-hydrogen) atoms. The van der Waals surface area contributed by atoms with Gasteiger partial charge in [0.2, 0.25) is 0 Å². The van der Waals surface area contributed by atoms with Gasteiger partial charge in [-0.15, -0.1) is 16.7 Å². The summed E-state index contributed by atoms with van der Waals surface area (Å²) in [6, 6.07) is 9.39. The van der Waals surface area contributed by atoms with E-state index in [1.807, 2.05) is 30.3 Å². The summed E-state index contributed by atoms with van der Waals surface area (Å²) in [7, 11) is 1.75. The minimum absolute atomic E-state index is 0.186. The number of benzene rings is 1.